The van der Waals surface area contributed by atoms with Crippen LogP contribution in [0.3, 0.4) is 0 Å². The van der Waals surface area contributed by atoms with Gasteiger partial charge in [0.15, 0.2) is 5.82 Å². The van der Waals surface area contributed by atoms with E-state index in [2.05, 4.69) is 15.2 Å². The van der Waals surface area contributed by atoms with E-state index in [1.165, 1.54) is 0 Å². The van der Waals surface area contributed by atoms with Crippen LogP contribution in [0.1, 0.15) is 38.3 Å². The highest BCUT2D eigenvalue weighted by molar-refractivity contribution is 5.71. The van der Waals surface area contributed by atoms with Gasteiger partial charge in [-0.1, -0.05) is 13.8 Å². The van der Waals surface area contributed by atoms with E-state index in [1.54, 1.807) is 6.92 Å². The Labute approximate surface area is 82.9 Å². The van der Waals surface area contributed by atoms with Crippen molar-refractivity contribution in [2.75, 3.05) is 6.61 Å². The van der Waals surface area contributed by atoms with Crippen LogP contribution in [0.2, 0.25) is 0 Å². The molecule has 5 heteroatoms. The van der Waals surface area contributed by atoms with Gasteiger partial charge in [-0.05, 0) is 6.92 Å². The lowest BCUT2D eigenvalue weighted by atomic mass is 10.2. The predicted octanol–water partition coefficient (Wildman–Crippen LogP) is 1.03. The fourth-order valence-electron chi connectivity index (χ4n) is 0.996. The monoisotopic (exact) mass is 197 g/mol. The Bertz CT molecular complexity index is 307. The number of nitrogens with zero attached hydrogens (tertiary/aromatic N) is 2. The number of esters is 1. The fourth-order valence-corrected chi connectivity index (χ4v) is 0.996. The molecule has 0 atom stereocenters. The second-order valence-electron chi connectivity index (χ2n) is 3.28. The zero-order valence-corrected chi connectivity index (χ0v) is 8.70. The maximum Gasteiger partial charge on any atom is 0.313 e. The molecule has 0 aliphatic rings. The molecule has 0 saturated heterocycles. The summed E-state index contributed by atoms with van der Waals surface area (Å²) in [5.74, 6) is 1.28. The third-order valence-electron chi connectivity index (χ3n) is 1.68. The average Bonchev–Trinajstić information content (AvgIpc) is 2.53. The first-order chi connectivity index (χ1) is 6.63. The molecule has 0 bridgehead atoms. The van der Waals surface area contributed by atoms with E-state index >= 15 is 0 Å². The largest absolute Gasteiger partial charge is 0.466 e. The van der Waals surface area contributed by atoms with Crippen LogP contribution in [0.5, 0.6) is 0 Å². The second-order valence-corrected chi connectivity index (χ2v) is 3.28. The van der Waals surface area contributed by atoms with Gasteiger partial charge in [-0.15, -0.1) is 0 Å². The van der Waals surface area contributed by atoms with Crippen LogP contribution < -0.4 is 0 Å². The minimum atomic E-state index is -0.279. The molecule has 1 aromatic heterocycles. The zero-order chi connectivity index (χ0) is 10.6. The Morgan fingerprint density at radius 3 is 2.79 bits per heavy atom. The average molecular weight is 197 g/mol. The standard InChI is InChI=1S/C9H15N3O2/c1-4-14-8(13)5-7-10-9(6(2)3)12-11-7/h6H,4-5H2,1-3H3,(H,10,11,12). The van der Waals surface area contributed by atoms with Gasteiger partial charge in [0.05, 0.1) is 6.61 Å². The summed E-state index contributed by atoms with van der Waals surface area (Å²) in [7, 11) is 0. The zero-order valence-electron chi connectivity index (χ0n) is 8.70. The maximum atomic E-state index is 11.1. The molecule has 14 heavy (non-hydrogen) atoms. The Morgan fingerprint density at radius 2 is 2.29 bits per heavy atom. The molecule has 0 aromatic carbocycles. The van der Waals surface area contributed by atoms with Crippen LogP contribution in [0.15, 0.2) is 0 Å². The summed E-state index contributed by atoms with van der Waals surface area (Å²) in [6.45, 7) is 6.16. The van der Waals surface area contributed by atoms with Gasteiger partial charge in [0, 0.05) is 5.92 Å². The molecule has 0 spiro atoms. The van der Waals surface area contributed by atoms with Gasteiger partial charge < -0.3 is 4.74 Å². The van der Waals surface area contributed by atoms with Crippen LogP contribution in [0.4, 0.5) is 0 Å². The molecular formula is C9H15N3O2. The van der Waals surface area contributed by atoms with E-state index in [9.17, 15) is 4.79 Å². The molecule has 0 aliphatic heterocycles. The molecule has 0 saturated carbocycles. The number of hydrogen-bond donors (Lipinski definition) is 1. The van der Waals surface area contributed by atoms with Crippen molar-refractivity contribution < 1.29 is 9.53 Å². The first-order valence-corrected chi connectivity index (χ1v) is 4.70. The highest BCUT2D eigenvalue weighted by Crippen LogP contribution is 2.07. The molecule has 0 amide bonds. The summed E-state index contributed by atoms with van der Waals surface area (Å²) in [5.41, 5.74) is 0. The summed E-state index contributed by atoms with van der Waals surface area (Å²) in [6.07, 6.45) is 0.160. The Balaban J connectivity index is 2.55. The first kappa shape index (κ1) is 10.7. The molecule has 1 rings (SSSR count). The summed E-state index contributed by atoms with van der Waals surface area (Å²) in [5, 5.41) is 6.70. The number of carbonyl (C=O) groups is 1. The number of carbonyl (C=O) groups excluding carboxylic acids is 1. The normalized spacial score (nSPS) is 10.6. The number of nitrogens with one attached hydrogen (secondary N) is 1. The molecule has 0 fully saturated rings. The number of H-pyrrole nitrogens is 1. The topological polar surface area (TPSA) is 67.9 Å². The number of aromatic amines is 1. The quantitative estimate of drug-likeness (QED) is 0.732. The Kier molecular flexibility index (Phi) is 3.62. The number of hydrogen-bond acceptors (Lipinski definition) is 4. The van der Waals surface area contributed by atoms with Crippen LogP contribution in [0.25, 0.3) is 0 Å². The molecule has 0 unspecified atom stereocenters. The van der Waals surface area contributed by atoms with Crippen molar-refractivity contribution in [1.82, 2.24) is 15.2 Å². The van der Waals surface area contributed by atoms with E-state index in [-0.39, 0.29) is 18.3 Å². The molecule has 0 radical (unpaired) electrons. The number of aromatic nitrogens is 3. The van der Waals surface area contributed by atoms with Gasteiger partial charge in [0.25, 0.3) is 0 Å². The van der Waals surface area contributed by atoms with E-state index in [1.807, 2.05) is 13.8 Å². The summed E-state index contributed by atoms with van der Waals surface area (Å²) >= 11 is 0. The van der Waals surface area contributed by atoms with Crippen LogP contribution >= 0.6 is 0 Å². The van der Waals surface area contributed by atoms with E-state index < -0.39 is 0 Å². The summed E-state index contributed by atoms with van der Waals surface area (Å²) < 4.78 is 4.79. The van der Waals surface area contributed by atoms with Crippen LogP contribution in [-0.4, -0.2) is 27.8 Å². The first-order valence-electron chi connectivity index (χ1n) is 4.70. The number of rotatable bonds is 4. The van der Waals surface area contributed by atoms with Crippen molar-refractivity contribution >= 4 is 5.97 Å². The van der Waals surface area contributed by atoms with E-state index in [4.69, 9.17) is 4.74 Å². The summed E-state index contributed by atoms with van der Waals surface area (Å²) in [4.78, 5) is 15.2. The van der Waals surface area contributed by atoms with Crippen molar-refractivity contribution in [3.63, 3.8) is 0 Å². The maximum absolute atomic E-state index is 11.1. The van der Waals surface area contributed by atoms with E-state index in [0.29, 0.717) is 12.4 Å². The second kappa shape index (κ2) is 4.74. The van der Waals surface area contributed by atoms with Crippen molar-refractivity contribution in [3.8, 4) is 0 Å². The molecule has 78 valence electrons. The predicted molar refractivity (Wildman–Crippen MR) is 50.8 cm³/mol. The van der Waals surface area contributed by atoms with E-state index in [0.717, 1.165) is 5.82 Å². The molecule has 5 nitrogen and oxygen atoms in total. The minimum absolute atomic E-state index is 0.160. The third-order valence-corrected chi connectivity index (χ3v) is 1.68. The highest BCUT2D eigenvalue weighted by Gasteiger charge is 2.10. The Hall–Kier alpha value is -1.39. The van der Waals surface area contributed by atoms with Gasteiger partial charge >= 0.3 is 5.97 Å². The SMILES string of the molecule is CCOC(=O)Cc1nc(C(C)C)n[nH]1. The van der Waals surface area contributed by atoms with Gasteiger partial charge in [0.1, 0.15) is 12.2 Å². The lowest BCUT2D eigenvalue weighted by molar-refractivity contribution is -0.142. The lowest BCUT2D eigenvalue weighted by Gasteiger charge is -1.97. The van der Waals surface area contributed by atoms with Crippen LogP contribution in [-0.2, 0) is 16.0 Å². The van der Waals surface area contributed by atoms with Crippen molar-refractivity contribution in [3.05, 3.63) is 11.6 Å². The Morgan fingerprint density at radius 1 is 1.57 bits per heavy atom. The molecular weight excluding hydrogens is 182 g/mol. The van der Waals surface area contributed by atoms with Crippen molar-refractivity contribution in [2.24, 2.45) is 0 Å². The molecule has 1 N–H and O–H groups in total. The minimum Gasteiger partial charge on any atom is -0.466 e. The van der Waals surface area contributed by atoms with Gasteiger partial charge in [-0.3, -0.25) is 9.89 Å². The lowest BCUT2D eigenvalue weighted by Crippen LogP contribution is -2.08. The smallest absolute Gasteiger partial charge is 0.313 e. The van der Waals surface area contributed by atoms with Crippen LogP contribution in [0, 0.1) is 0 Å². The van der Waals surface area contributed by atoms with Gasteiger partial charge in [-0.25, -0.2) is 4.98 Å². The molecule has 1 aromatic rings. The van der Waals surface area contributed by atoms with Crippen molar-refractivity contribution in [2.45, 2.75) is 33.1 Å². The van der Waals surface area contributed by atoms with Gasteiger partial charge in [0.2, 0.25) is 0 Å². The molecule has 0 aliphatic carbocycles. The van der Waals surface area contributed by atoms with Crippen molar-refractivity contribution in [1.29, 1.82) is 0 Å². The highest BCUT2D eigenvalue weighted by atomic mass is 16.5. The summed E-state index contributed by atoms with van der Waals surface area (Å²) in [6, 6.07) is 0. The fraction of sp³-hybridized carbons (Fsp3) is 0.667. The number of ether oxygens (including phenoxy) is 1. The molecule has 1 heterocycles. The van der Waals surface area contributed by atoms with Gasteiger partial charge in [-0.2, -0.15) is 5.10 Å². The third kappa shape index (κ3) is 2.83.